The number of carbonyl (C=O) groups is 1. The van der Waals surface area contributed by atoms with Crippen molar-refractivity contribution in [1.29, 1.82) is 0 Å². The molecule has 0 atom stereocenters. The highest BCUT2D eigenvalue weighted by Gasteiger charge is 2.30. The standard InChI is InChI=1S/C22H15F3N4O2/c23-22(24,25)14-4-1-3-13(9-14)10-18(30)16-5-2-6-17-15(16)7-8-20(29-17)31-21-11-19(26)27-12-28-21/h1-9,11-12H,10H2,(H2,26,27,28). The summed E-state index contributed by atoms with van der Waals surface area (Å²) in [5.41, 5.74) is 5.95. The number of hydrogen-bond donors (Lipinski definition) is 1. The highest BCUT2D eigenvalue weighted by Crippen LogP contribution is 2.30. The van der Waals surface area contributed by atoms with Gasteiger partial charge in [0.05, 0.1) is 11.1 Å². The van der Waals surface area contributed by atoms with Crippen LogP contribution >= 0.6 is 0 Å². The molecule has 2 N–H and O–H groups in total. The zero-order valence-electron chi connectivity index (χ0n) is 15.9. The lowest BCUT2D eigenvalue weighted by Crippen LogP contribution is -2.08. The molecule has 0 amide bonds. The van der Waals surface area contributed by atoms with Crippen molar-refractivity contribution in [2.24, 2.45) is 0 Å². The fraction of sp³-hybridized carbons (Fsp3) is 0.0909. The third-order valence-electron chi connectivity index (χ3n) is 4.50. The lowest BCUT2D eigenvalue weighted by atomic mass is 9.98. The van der Waals surface area contributed by atoms with Crippen molar-refractivity contribution in [3.05, 3.63) is 83.7 Å². The number of fused-ring (bicyclic) bond motifs is 1. The van der Waals surface area contributed by atoms with Gasteiger partial charge < -0.3 is 10.5 Å². The number of aromatic nitrogens is 3. The SMILES string of the molecule is Nc1cc(Oc2ccc3c(C(=O)Cc4cccc(C(F)(F)F)c4)cccc3n2)ncn1. The molecule has 0 saturated heterocycles. The first-order valence-electron chi connectivity index (χ1n) is 9.14. The number of nitrogen functional groups attached to an aromatic ring is 1. The van der Waals surface area contributed by atoms with E-state index in [1.165, 1.54) is 24.5 Å². The summed E-state index contributed by atoms with van der Waals surface area (Å²) in [7, 11) is 0. The Hall–Kier alpha value is -4.01. The molecule has 2 aromatic heterocycles. The smallest absolute Gasteiger partial charge is 0.416 e. The van der Waals surface area contributed by atoms with Gasteiger partial charge in [0, 0.05) is 29.5 Å². The van der Waals surface area contributed by atoms with Gasteiger partial charge in [0.25, 0.3) is 0 Å². The molecule has 0 saturated carbocycles. The van der Waals surface area contributed by atoms with E-state index in [0.29, 0.717) is 16.5 Å². The number of Topliss-reactive ketones (excluding diaryl/α,β-unsaturated/α-hetero) is 1. The van der Waals surface area contributed by atoms with Crippen LogP contribution in [0, 0.1) is 0 Å². The monoisotopic (exact) mass is 424 g/mol. The highest BCUT2D eigenvalue weighted by molar-refractivity contribution is 6.08. The van der Waals surface area contributed by atoms with Crippen LogP contribution in [0.3, 0.4) is 0 Å². The van der Waals surface area contributed by atoms with Crippen LogP contribution in [0.25, 0.3) is 10.9 Å². The Balaban J connectivity index is 1.60. The zero-order valence-corrected chi connectivity index (χ0v) is 15.9. The van der Waals surface area contributed by atoms with Crippen molar-refractivity contribution in [3.8, 4) is 11.8 Å². The number of rotatable bonds is 5. The number of nitrogens with two attached hydrogens (primary N) is 1. The predicted octanol–water partition coefficient (Wildman–Crippen LogP) is 4.84. The number of alkyl halides is 3. The van der Waals surface area contributed by atoms with Crippen LogP contribution in [0.2, 0.25) is 0 Å². The molecule has 0 bridgehead atoms. The molecule has 0 aliphatic heterocycles. The molecule has 6 nitrogen and oxygen atoms in total. The summed E-state index contributed by atoms with van der Waals surface area (Å²) < 4.78 is 44.4. The van der Waals surface area contributed by atoms with E-state index in [2.05, 4.69) is 15.0 Å². The maximum Gasteiger partial charge on any atom is 0.416 e. The molecule has 4 rings (SSSR count). The second-order valence-electron chi connectivity index (χ2n) is 6.70. The van der Waals surface area contributed by atoms with Gasteiger partial charge in [-0.3, -0.25) is 4.79 Å². The summed E-state index contributed by atoms with van der Waals surface area (Å²) in [6, 6.07) is 14.4. The fourth-order valence-corrected chi connectivity index (χ4v) is 3.09. The van der Waals surface area contributed by atoms with Gasteiger partial charge in [-0.05, 0) is 23.8 Å². The van der Waals surface area contributed by atoms with E-state index >= 15 is 0 Å². The molecule has 0 fully saturated rings. The number of benzene rings is 2. The van der Waals surface area contributed by atoms with Crippen LogP contribution in [0.15, 0.2) is 67.0 Å². The maximum absolute atomic E-state index is 12.9. The molecular weight excluding hydrogens is 409 g/mol. The van der Waals surface area contributed by atoms with E-state index in [0.717, 1.165) is 12.1 Å². The number of ketones is 1. The molecule has 0 aliphatic carbocycles. The number of anilines is 1. The minimum Gasteiger partial charge on any atom is -0.421 e. The van der Waals surface area contributed by atoms with Crippen molar-refractivity contribution < 1.29 is 22.7 Å². The third-order valence-corrected chi connectivity index (χ3v) is 4.50. The third kappa shape index (κ3) is 4.61. The van der Waals surface area contributed by atoms with Crippen LogP contribution in [-0.4, -0.2) is 20.7 Å². The largest absolute Gasteiger partial charge is 0.421 e. The Labute approximate surface area is 174 Å². The predicted molar refractivity (Wildman–Crippen MR) is 108 cm³/mol. The van der Waals surface area contributed by atoms with Crippen molar-refractivity contribution in [2.75, 3.05) is 5.73 Å². The summed E-state index contributed by atoms with van der Waals surface area (Å²) in [5.74, 6) is 0.390. The van der Waals surface area contributed by atoms with Gasteiger partial charge in [0.1, 0.15) is 12.1 Å². The Morgan fingerprint density at radius 1 is 0.968 bits per heavy atom. The number of ether oxygens (including phenoxy) is 1. The summed E-state index contributed by atoms with van der Waals surface area (Å²) in [6.07, 6.45) is -3.37. The number of pyridine rings is 1. The van der Waals surface area contributed by atoms with Crippen LogP contribution in [0.4, 0.5) is 19.0 Å². The second-order valence-corrected chi connectivity index (χ2v) is 6.70. The molecule has 2 aromatic carbocycles. The number of nitrogens with zero attached hydrogens (tertiary/aromatic N) is 3. The van der Waals surface area contributed by atoms with E-state index < -0.39 is 11.7 Å². The number of carbonyl (C=O) groups excluding carboxylic acids is 1. The Bertz CT molecular complexity index is 1280. The van der Waals surface area contributed by atoms with Crippen molar-refractivity contribution in [1.82, 2.24) is 15.0 Å². The molecule has 156 valence electrons. The van der Waals surface area contributed by atoms with Crippen LogP contribution < -0.4 is 10.5 Å². The lowest BCUT2D eigenvalue weighted by molar-refractivity contribution is -0.137. The molecule has 0 unspecified atom stereocenters. The Morgan fingerprint density at radius 2 is 1.77 bits per heavy atom. The first-order valence-corrected chi connectivity index (χ1v) is 9.14. The summed E-state index contributed by atoms with van der Waals surface area (Å²) in [5, 5.41) is 0.564. The van der Waals surface area contributed by atoms with Gasteiger partial charge in [0.2, 0.25) is 11.8 Å². The average Bonchev–Trinajstić information content (AvgIpc) is 2.73. The van der Waals surface area contributed by atoms with Gasteiger partial charge in [-0.2, -0.15) is 13.2 Å². The minimum atomic E-state index is -4.47. The van der Waals surface area contributed by atoms with E-state index in [1.807, 2.05) is 0 Å². The summed E-state index contributed by atoms with van der Waals surface area (Å²) in [4.78, 5) is 24.9. The first kappa shape index (κ1) is 20.3. The summed E-state index contributed by atoms with van der Waals surface area (Å²) >= 11 is 0. The van der Waals surface area contributed by atoms with Gasteiger partial charge in [-0.15, -0.1) is 0 Å². The Kier molecular flexibility index (Phi) is 5.24. The van der Waals surface area contributed by atoms with Gasteiger partial charge >= 0.3 is 6.18 Å². The maximum atomic E-state index is 12.9. The molecular formula is C22H15F3N4O2. The molecule has 4 aromatic rings. The molecule has 0 radical (unpaired) electrons. The number of hydrogen-bond acceptors (Lipinski definition) is 6. The molecule has 0 aliphatic rings. The minimum absolute atomic E-state index is 0.165. The van der Waals surface area contributed by atoms with Gasteiger partial charge in [-0.1, -0.05) is 30.3 Å². The fourth-order valence-electron chi connectivity index (χ4n) is 3.09. The van der Waals surface area contributed by atoms with E-state index in [4.69, 9.17) is 10.5 Å². The number of halogens is 3. The topological polar surface area (TPSA) is 91.0 Å². The average molecular weight is 424 g/mol. The molecule has 0 spiro atoms. The van der Waals surface area contributed by atoms with Crippen LogP contribution in [0.5, 0.6) is 11.8 Å². The lowest BCUT2D eigenvalue weighted by Gasteiger charge is -2.10. The van der Waals surface area contributed by atoms with Crippen molar-refractivity contribution in [3.63, 3.8) is 0 Å². The molecule has 31 heavy (non-hydrogen) atoms. The first-order chi connectivity index (χ1) is 14.8. The van der Waals surface area contributed by atoms with Crippen molar-refractivity contribution in [2.45, 2.75) is 12.6 Å². The van der Waals surface area contributed by atoms with Crippen molar-refractivity contribution >= 4 is 22.5 Å². The second kappa shape index (κ2) is 8.02. The zero-order chi connectivity index (χ0) is 22.0. The highest BCUT2D eigenvalue weighted by atomic mass is 19.4. The summed E-state index contributed by atoms with van der Waals surface area (Å²) in [6.45, 7) is 0. The van der Waals surface area contributed by atoms with Gasteiger partial charge in [0.15, 0.2) is 5.78 Å². The van der Waals surface area contributed by atoms with E-state index in [1.54, 1.807) is 30.3 Å². The normalized spacial score (nSPS) is 11.5. The Morgan fingerprint density at radius 3 is 2.55 bits per heavy atom. The van der Waals surface area contributed by atoms with Crippen LogP contribution in [-0.2, 0) is 12.6 Å². The molecule has 2 heterocycles. The molecule has 9 heteroatoms. The van der Waals surface area contributed by atoms with E-state index in [-0.39, 0.29) is 35.3 Å². The quantitative estimate of drug-likeness (QED) is 0.461. The van der Waals surface area contributed by atoms with Gasteiger partial charge in [-0.25, -0.2) is 15.0 Å². The van der Waals surface area contributed by atoms with E-state index in [9.17, 15) is 18.0 Å². The van der Waals surface area contributed by atoms with Crippen LogP contribution in [0.1, 0.15) is 21.5 Å².